The van der Waals surface area contributed by atoms with Crippen LogP contribution < -0.4 is 15.0 Å². The number of nitrogens with zero attached hydrogens (tertiary/aromatic N) is 3. The molecule has 2 saturated heterocycles. The summed E-state index contributed by atoms with van der Waals surface area (Å²) in [6.07, 6.45) is 8.78. The Labute approximate surface area is 170 Å². The van der Waals surface area contributed by atoms with E-state index in [1.807, 2.05) is 12.4 Å². The van der Waals surface area contributed by atoms with Gasteiger partial charge < -0.3 is 15.0 Å². The SMILES string of the molecule is CN(c1ccc2c(n1)COc1cc(-c3cn[nH]c3)ccc1-2)[C@@H]1C[C@H]2CC[C@@H](C1)N2. The lowest BCUT2D eigenvalue weighted by molar-refractivity contribution is 0.297. The van der Waals surface area contributed by atoms with Gasteiger partial charge >= 0.3 is 0 Å². The van der Waals surface area contributed by atoms with Gasteiger partial charge in [-0.15, -0.1) is 0 Å². The molecule has 148 valence electrons. The van der Waals surface area contributed by atoms with Crippen LogP contribution in [-0.4, -0.2) is 40.4 Å². The smallest absolute Gasteiger partial charge is 0.131 e. The number of fused-ring (bicyclic) bond motifs is 5. The van der Waals surface area contributed by atoms with E-state index in [0.717, 1.165) is 34.0 Å². The molecule has 5 heterocycles. The lowest BCUT2D eigenvalue weighted by atomic mass is 9.97. The summed E-state index contributed by atoms with van der Waals surface area (Å²) in [5.74, 6) is 1.96. The van der Waals surface area contributed by atoms with E-state index < -0.39 is 0 Å². The first-order chi connectivity index (χ1) is 14.2. The van der Waals surface area contributed by atoms with E-state index in [0.29, 0.717) is 24.7 Å². The number of anilines is 1. The van der Waals surface area contributed by atoms with Gasteiger partial charge in [-0.3, -0.25) is 5.10 Å². The van der Waals surface area contributed by atoms with E-state index in [9.17, 15) is 0 Å². The average Bonchev–Trinajstić information content (AvgIpc) is 3.42. The molecule has 3 aliphatic rings. The molecular formula is C23H25N5O. The minimum atomic E-state index is 0.510. The molecule has 3 aromatic rings. The van der Waals surface area contributed by atoms with Crippen LogP contribution in [-0.2, 0) is 6.61 Å². The van der Waals surface area contributed by atoms with Crippen molar-refractivity contribution in [2.75, 3.05) is 11.9 Å². The highest BCUT2D eigenvalue weighted by Gasteiger charge is 2.35. The molecule has 1 aromatic carbocycles. The van der Waals surface area contributed by atoms with Crippen molar-refractivity contribution in [1.29, 1.82) is 0 Å². The van der Waals surface area contributed by atoms with Crippen molar-refractivity contribution in [2.24, 2.45) is 0 Å². The Morgan fingerprint density at radius 3 is 2.66 bits per heavy atom. The van der Waals surface area contributed by atoms with E-state index in [-0.39, 0.29) is 0 Å². The molecule has 2 aromatic heterocycles. The molecule has 0 amide bonds. The van der Waals surface area contributed by atoms with Crippen LogP contribution in [0.4, 0.5) is 5.82 Å². The highest BCUT2D eigenvalue weighted by atomic mass is 16.5. The zero-order valence-electron chi connectivity index (χ0n) is 16.6. The molecule has 2 fully saturated rings. The quantitative estimate of drug-likeness (QED) is 0.717. The number of ether oxygens (including phenoxy) is 1. The van der Waals surface area contributed by atoms with Gasteiger partial charge in [0, 0.05) is 48.1 Å². The average molecular weight is 387 g/mol. The maximum absolute atomic E-state index is 6.09. The molecule has 6 nitrogen and oxygen atoms in total. The molecule has 0 unspecified atom stereocenters. The summed E-state index contributed by atoms with van der Waals surface area (Å²) in [5.41, 5.74) is 5.47. The Balaban J connectivity index is 1.29. The molecule has 6 rings (SSSR count). The summed E-state index contributed by atoms with van der Waals surface area (Å²) in [4.78, 5) is 7.37. The summed E-state index contributed by atoms with van der Waals surface area (Å²) in [6.45, 7) is 0.510. The lowest BCUT2D eigenvalue weighted by Crippen LogP contribution is -2.47. The topological polar surface area (TPSA) is 66.1 Å². The number of H-pyrrole nitrogens is 1. The maximum atomic E-state index is 6.09. The number of hydrogen-bond donors (Lipinski definition) is 2. The second-order valence-corrected chi connectivity index (χ2v) is 8.52. The van der Waals surface area contributed by atoms with Crippen LogP contribution in [0.2, 0.25) is 0 Å². The summed E-state index contributed by atoms with van der Waals surface area (Å²) >= 11 is 0. The van der Waals surface area contributed by atoms with Crippen LogP contribution in [0.3, 0.4) is 0 Å². The second-order valence-electron chi connectivity index (χ2n) is 8.52. The van der Waals surface area contributed by atoms with E-state index in [1.165, 1.54) is 31.2 Å². The van der Waals surface area contributed by atoms with Crippen LogP contribution in [0.1, 0.15) is 31.4 Å². The van der Waals surface area contributed by atoms with E-state index >= 15 is 0 Å². The van der Waals surface area contributed by atoms with Gasteiger partial charge in [0.2, 0.25) is 0 Å². The van der Waals surface area contributed by atoms with E-state index in [4.69, 9.17) is 9.72 Å². The Bertz CT molecular complexity index is 1040. The van der Waals surface area contributed by atoms with Gasteiger partial charge in [0.05, 0.1) is 11.9 Å². The number of aromatic amines is 1. The second kappa shape index (κ2) is 6.59. The van der Waals surface area contributed by atoms with E-state index in [1.54, 1.807) is 0 Å². The Morgan fingerprint density at radius 1 is 1.03 bits per heavy atom. The molecule has 2 bridgehead atoms. The molecule has 0 radical (unpaired) electrons. The number of aromatic nitrogens is 3. The third-order valence-corrected chi connectivity index (χ3v) is 6.78. The molecular weight excluding hydrogens is 362 g/mol. The zero-order chi connectivity index (χ0) is 19.4. The normalized spacial score (nSPS) is 24.5. The van der Waals surface area contributed by atoms with Gasteiger partial charge in [-0.1, -0.05) is 6.07 Å². The first kappa shape index (κ1) is 17.0. The molecule has 6 heteroatoms. The number of pyridine rings is 1. The number of benzene rings is 1. The highest BCUT2D eigenvalue weighted by molar-refractivity contribution is 5.79. The van der Waals surface area contributed by atoms with Crippen molar-refractivity contribution in [2.45, 2.75) is 50.4 Å². The van der Waals surface area contributed by atoms with Crippen molar-refractivity contribution in [3.63, 3.8) is 0 Å². The fourth-order valence-corrected chi connectivity index (χ4v) is 5.17. The van der Waals surface area contributed by atoms with Crippen molar-refractivity contribution in [3.8, 4) is 28.0 Å². The third kappa shape index (κ3) is 2.90. The first-order valence-corrected chi connectivity index (χ1v) is 10.5. The van der Waals surface area contributed by atoms with Crippen molar-refractivity contribution in [3.05, 3.63) is 48.4 Å². The van der Waals surface area contributed by atoms with Crippen molar-refractivity contribution >= 4 is 5.82 Å². The maximum Gasteiger partial charge on any atom is 0.131 e. The fraction of sp³-hybridized carbons (Fsp3) is 0.391. The van der Waals surface area contributed by atoms with Gasteiger partial charge in [-0.05, 0) is 55.5 Å². The Morgan fingerprint density at radius 2 is 1.86 bits per heavy atom. The number of rotatable bonds is 3. The number of hydrogen-bond acceptors (Lipinski definition) is 5. The van der Waals surface area contributed by atoms with Gasteiger partial charge in [0.1, 0.15) is 18.2 Å². The standard InChI is InChI=1S/C23H25N5O/c1-28(18-9-16-3-4-17(10-18)26-16)23-7-6-19-20-5-2-14(15-11-24-25-12-15)8-22(20)29-13-21(19)27-23/h2,5-8,11-12,16-18,26H,3-4,9-10,13H2,1H3,(H,24,25)/t16-,17+,18-. The summed E-state index contributed by atoms with van der Waals surface area (Å²) in [6, 6.07) is 12.6. The summed E-state index contributed by atoms with van der Waals surface area (Å²) in [5, 5.41) is 10.6. The van der Waals surface area contributed by atoms with E-state index in [2.05, 4.69) is 57.8 Å². The molecule has 0 spiro atoms. The van der Waals surface area contributed by atoms with Crippen molar-refractivity contribution < 1.29 is 4.74 Å². The molecule has 3 atom stereocenters. The third-order valence-electron chi connectivity index (χ3n) is 6.78. The Kier molecular flexibility index (Phi) is 3.87. The number of nitrogens with one attached hydrogen (secondary N) is 2. The van der Waals surface area contributed by atoms with Crippen LogP contribution in [0.15, 0.2) is 42.7 Å². The van der Waals surface area contributed by atoms with Crippen molar-refractivity contribution in [1.82, 2.24) is 20.5 Å². The van der Waals surface area contributed by atoms with Crippen LogP contribution in [0, 0.1) is 0 Å². The highest BCUT2D eigenvalue weighted by Crippen LogP contribution is 2.40. The van der Waals surface area contributed by atoms with Gasteiger partial charge in [0.15, 0.2) is 0 Å². The minimum Gasteiger partial charge on any atom is -0.487 e. The Hall–Kier alpha value is -2.86. The van der Waals surface area contributed by atoms with Gasteiger partial charge in [-0.2, -0.15) is 5.10 Å². The molecule has 0 saturated carbocycles. The van der Waals surface area contributed by atoms with Crippen LogP contribution in [0.25, 0.3) is 22.3 Å². The zero-order valence-corrected chi connectivity index (χ0v) is 16.6. The molecule has 0 aliphatic carbocycles. The predicted molar refractivity (Wildman–Crippen MR) is 113 cm³/mol. The summed E-state index contributed by atoms with van der Waals surface area (Å²) < 4.78 is 6.09. The lowest BCUT2D eigenvalue weighted by Gasteiger charge is -2.36. The predicted octanol–water partition coefficient (Wildman–Crippen LogP) is 3.75. The monoisotopic (exact) mass is 387 g/mol. The first-order valence-electron chi connectivity index (χ1n) is 10.5. The molecule has 29 heavy (non-hydrogen) atoms. The van der Waals surface area contributed by atoms with Gasteiger partial charge in [-0.25, -0.2) is 4.98 Å². The molecule has 2 N–H and O–H groups in total. The van der Waals surface area contributed by atoms with Crippen LogP contribution in [0.5, 0.6) is 5.75 Å². The van der Waals surface area contributed by atoms with Crippen LogP contribution >= 0.6 is 0 Å². The summed E-state index contributed by atoms with van der Waals surface area (Å²) in [7, 11) is 2.19. The molecule has 3 aliphatic heterocycles. The minimum absolute atomic E-state index is 0.510. The fourth-order valence-electron chi connectivity index (χ4n) is 5.17. The number of piperidine rings is 1. The van der Waals surface area contributed by atoms with Gasteiger partial charge in [0.25, 0.3) is 0 Å². The largest absolute Gasteiger partial charge is 0.487 e.